The van der Waals surface area contributed by atoms with Crippen molar-refractivity contribution in [3.8, 4) is 0 Å². The second kappa shape index (κ2) is 6.78. The number of halogens is 3. The van der Waals surface area contributed by atoms with Crippen LogP contribution in [0.3, 0.4) is 0 Å². The second-order valence-corrected chi connectivity index (χ2v) is 5.85. The molecule has 0 radical (unpaired) electrons. The van der Waals surface area contributed by atoms with Crippen LogP contribution in [0.25, 0.3) is 0 Å². The van der Waals surface area contributed by atoms with Gasteiger partial charge in [0.05, 0.1) is 22.6 Å². The Morgan fingerprint density at radius 2 is 2.06 bits per heavy atom. The van der Waals surface area contributed by atoms with Crippen molar-refractivity contribution in [1.29, 1.82) is 0 Å². The topological polar surface area (TPSA) is 26.3 Å². The van der Waals surface area contributed by atoms with Crippen LogP contribution in [0.15, 0.2) is 18.2 Å². The average molecular weight is 354 g/mol. The van der Waals surface area contributed by atoms with Gasteiger partial charge in [0.2, 0.25) is 0 Å². The fourth-order valence-electron chi connectivity index (χ4n) is 1.85. The van der Waals surface area contributed by atoms with Crippen LogP contribution in [-0.2, 0) is 14.9 Å². The lowest BCUT2D eigenvalue weighted by molar-refractivity contribution is -0.147. The van der Waals surface area contributed by atoms with Crippen LogP contribution >= 0.6 is 39.1 Å². The molecular weight excluding hydrogens is 339 g/mol. The van der Waals surface area contributed by atoms with Crippen molar-refractivity contribution in [2.45, 2.75) is 25.2 Å². The minimum Gasteiger partial charge on any atom is -0.468 e. The van der Waals surface area contributed by atoms with Gasteiger partial charge in [-0.25, -0.2) is 0 Å². The number of methoxy groups -OCH3 is 1. The highest BCUT2D eigenvalue weighted by Gasteiger charge is 2.36. The lowest BCUT2D eigenvalue weighted by Gasteiger charge is -2.27. The molecule has 1 aromatic carbocycles. The molecule has 18 heavy (non-hydrogen) atoms. The summed E-state index contributed by atoms with van der Waals surface area (Å²) in [6.45, 7) is 1.86. The monoisotopic (exact) mass is 352 g/mol. The molecule has 100 valence electrons. The highest BCUT2D eigenvalue weighted by Crippen LogP contribution is 2.34. The van der Waals surface area contributed by atoms with Gasteiger partial charge in [-0.1, -0.05) is 45.2 Å². The molecule has 0 aliphatic carbocycles. The molecule has 0 aromatic heterocycles. The van der Waals surface area contributed by atoms with E-state index in [-0.39, 0.29) is 5.97 Å². The normalized spacial score (nSPS) is 14.1. The molecule has 0 aliphatic heterocycles. The van der Waals surface area contributed by atoms with Crippen molar-refractivity contribution < 1.29 is 9.53 Å². The summed E-state index contributed by atoms with van der Waals surface area (Å²) < 4.78 is 4.91. The summed E-state index contributed by atoms with van der Waals surface area (Å²) in [6.07, 6.45) is 1.55. The van der Waals surface area contributed by atoms with Crippen molar-refractivity contribution in [3.05, 3.63) is 33.8 Å². The zero-order valence-corrected chi connectivity index (χ0v) is 13.4. The molecule has 5 heteroatoms. The van der Waals surface area contributed by atoms with Gasteiger partial charge in [-0.2, -0.15) is 0 Å². The maximum Gasteiger partial charge on any atom is 0.315 e. The third-order valence-electron chi connectivity index (χ3n) is 3.00. The van der Waals surface area contributed by atoms with Crippen molar-refractivity contribution in [1.82, 2.24) is 0 Å². The van der Waals surface area contributed by atoms with Crippen molar-refractivity contribution in [2.24, 2.45) is 0 Å². The first kappa shape index (κ1) is 15.8. The number of rotatable bonds is 5. The van der Waals surface area contributed by atoms with E-state index >= 15 is 0 Å². The number of hydrogen-bond acceptors (Lipinski definition) is 2. The second-order valence-electron chi connectivity index (χ2n) is 4.25. The Morgan fingerprint density at radius 1 is 1.39 bits per heavy atom. The van der Waals surface area contributed by atoms with Gasteiger partial charge < -0.3 is 4.74 Å². The first-order chi connectivity index (χ1) is 8.45. The van der Waals surface area contributed by atoms with Gasteiger partial charge in [-0.3, -0.25) is 4.79 Å². The van der Waals surface area contributed by atoms with Crippen LogP contribution in [-0.4, -0.2) is 18.4 Å². The number of alkyl halides is 1. The van der Waals surface area contributed by atoms with E-state index in [9.17, 15) is 4.79 Å². The van der Waals surface area contributed by atoms with E-state index in [2.05, 4.69) is 15.9 Å². The summed E-state index contributed by atoms with van der Waals surface area (Å²) in [6, 6.07) is 5.25. The van der Waals surface area contributed by atoms with E-state index in [0.717, 1.165) is 17.3 Å². The SMILES string of the molecule is COC(=O)[C@](C)(CCCBr)c1ccc(Cl)c(Cl)c1. The number of carbonyl (C=O) groups excluding carboxylic acids is 1. The summed E-state index contributed by atoms with van der Waals surface area (Å²) in [5.41, 5.74) is 0.126. The molecule has 0 saturated carbocycles. The molecule has 0 amide bonds. The minimum atomic E-state index is -0.698. The molecular formula is C13H15BrCl2O2. The number of carbonyl (C=O) groups is 1. The number of esters is 1. The van der Waals surface area contributed by atoms with Crippen LogP contribution in [0.5, 0.6) is 0 Å². The van der Waals surface area contributed by atoms with Gasteiger partial charge >= 0.3 is 5.97 Å². The Balaban J connectivity index is 3.16. The van der Waals surface area contributed by atoms with E-state index < -0.39 is 5.41 Å². The molecule has 1 aromatic rings. The van der Waals surface area contributed by atoms with E-state index in [1.165, 1.54) is 7.11 Å². The van der Waals surface area contributed by atoms with Crippen LogP contribution in [0, 0.1) is 0 Å². The first-order valence-corrected chi connectivity index (χ1v) is 7.43. The maximum absolute atomic E-state index is 12.0. The van der Waals surface area contributed by atoms with Crippen LogP contribution in [0.1, 0.15) is 25.3 Å². The van der Waals surface area contributed by atoms with Crippen LogP contribution in [0.2, 0.25) is 10.0 Å². The van der Waals surface area contributed by atoms with Gasteiger partial charge in [-0.15, -0.1) is 0 Å². The summed E-state index contributed by atoms with van der Waals surface area (Å²) in [4.78, 5) is 12.0. The zero-order chi connectivity index (χ0) is 13.8. The molecule has 0 unspecified atom stereocenters. The highest BCUT2D eigenvalue weighted by molar-refractivity contribution is 9.09. The van der Waals surface area contributed by atoms with E-state index in [4.69, 9.17) is 27.9 Å². The lowest BCUT2D eigenvalue weighted by Crippen LogP contribution is -2.34. The molecule has 1 atom stereocenters. The minimum absolute atomic E-state index is 0.262. The quantitative estimate of drug-likeness (QED) is 0.571. The smallest absolute Gasteiger partial charge is 0.315 e. The Kier molecular flexibility index (Phi) is 5.96. The third kappa shape index (κ3) is 3.40. The number of hydrogen-bond donors (Lipinski definition) is 0. The summed E-state index contributed by atoms with van der Waals surface area (Å²) >= 11 is 15.3. The van der Waals surface area contributed by atoms with Gasteiger partial charge in [0.15, 0.2) is 0 Å². The number of ether oxygens (including phenoxy) is 1. The van der Waals surface area contributed by atoms with Crippen LogP contribution < -0.4 is 0 Å². The molecule has 0 aliphatic rings. The van der Waals surface area contributed by atoms with E-state index in [1.54, 1.807) is 12.1 Å². The van der Waals surface area contributed by atoms with Gasteiger partial charge in [0.1, 0.15) is 0 Å². The van der Waals surface area contributed by atoms with Crippen molar-refractivity contribution >= 4 is 45.1 Å². The number of benzene rings is 1. The van der Waals surface area contributed by atoms with E-state index in [0.29, 0.717) is 16.5 Å². The van der Waals surface area contributed by atoms with Gasteiger partial charge in [0.25, 0.3) is 0 Å². The Hall–Kier alpha value is -0.250. The fraction of sp³-hybridized carbons (Fsp3) is 0.462. The molecule has 0 heterocycles. The summed E-state index contributed by atoms with van der Waals surface area (Å²) in [5, 5.41) is 1.76. The molecule has 0 spiro atoms. The molecule has 1 rings (SSSR count). The fourth-order valence-corrected chi connectivity index (χ4v) is 2.43. The maximum atomic E-state index is 12.0. The van der Waals surface area contributed by atoms with Crippen LogP contribution in [0.4, 0.5) is 0 Å². The van der Waals surface area contributed by atoms with Gasteiger partial charge in [0, 0.05) is 5.33 Å². The summed E-state index contributed by atoms with van der Waals surface area (Å²) in [7, 11) is 1.40. The molecule has 2 nitrogen and oxygen atoms in total. The molecule has 0 fully saturated rings. The highest BCUT2D eigenvalue weighted by atomic mass is 79.9. The molecule has 0 saturated heterocycles. The zero-order valence-electron chi connectivity index (χ0n) is 10.3. The Bertz CT molecular complexity index is 437. The molecule has 0 N–H and O–H groups in total. The van der Waals surface area contributed by atoms with Crippen molar-refractivity contribution in [2.75, 3.05) is 12.4 Å². The largest absolute Gasteiger partial charge is 0.468 e. The third-order valence-corrected chi connectivity index (χ3v) is 4.30. The van der Waals surface area contributed by atoms with E-state index in [1.807, 2.05) is 13.0 Å². The predicted octanol–water partition coefficient (Wildman–Crippen LogP) is 4.60. The Morgan fingerprint density at radius 3 is 2.56 bits per heavy atom. The first-order valence-electron chi connectivity index (χ1n) is 5.55. The predicted molar refractivity (Wildman–Crippen MR) is 78.9 cm³/mol. The summed E-state index contributed by atoms with van der Waals surface area (Å²) in [5.74, 6) is -0.262. The van der Waals surface area contributed by atoms with Crippen molar-refractivity contribution in [3.63, 3.8) is 0 Å². The Labute approximate surface area is 126 Å². The van der Waals surface area contributed by atoms with Gasteiger partial charge in [-0.05, 0) is 37.5 Å². The standard InChI is InChI=1S/C13H15BrCl2O2/c1-13(6-3-7-14,12(17)18-2)9-4-5-10(15)11(16)8-9/h4-5,8H,3,6-7H2,1-2H3/t13-/m1/s1. The average Bonchev–Trinajstić information content (AvgIpc) is 2.38. The lowest BCUT2D eigenvalue weighted by atomic mass is 9.79. The molecule has 0 bridgehead atoms.